The van der Waals surface area contributed by atoms with Crippen LogP contribution in [0.1, 0.15) is 42.5 Å². The number of ether oxygens (including phenoxy) is 1. The summed E-state index contributed by atoms with van der Waals surface area (Å²) >= 11 is 3.48. The Balaban J connectivity index is 1.56. The zero-order valence-corrected chi connectivity index (χ0v) is 19.1. The van der Waals surface area contributed by atoms with Gasteiger partial charge in [-0.15, -0.1) is 0 Å². The van der Waals surface area contributed by atoms with Gasteiger partial charge in [0.05, 0.1) is 16.8 Å². The monoisotopic (exact) mass is 480 g/mol. The highest BCUT2D eigenvalue weighted by molar-refractivity contribution is 9.10. The molecule has 1 aliphatic rings. The van der Waals surface area contributed by atoms with Gasteiger partial charge in [-0.05, 0) is 37.1 Å². The first-order valence-corrected chi connectivity index (χ1v) is 11.4. The zero-order valence-electron chi connectivity index (χ0n) is 17.5. The number of rotatable bonds is 5. The molecule has 6 heteroatoms. The van der Waals surface area contributed by atoms with Crippen molar-refractivity contribution < 1.29 is 14.3 Å². The first-order chi connectivity index (χ1) is 15.0. The molecule has 2 aromatic carbocycles. The fourth-order valence-electron chi connectivity index (χ4n) is 4.12. The minimum atomic E-state index is -0.514. The molecule has 160 valence electrons. The Bertz CT molecular complexity index is 1110. The molecule has 1 aliphatic carbocycles. The van der Waals surface area contributed by atoms with E-state index in [1.54, 1.807) is 18.0 Å². The lowest BCUT2D eigenvalue weighted by atomic mass is 9.94. The Kier molecular flexibility index (Phi) is 6.66. The van der Waals surface area contributed by atoms with Gasteiger partial charge in [0, 0.05) is 28.5 Å². The van der Waals surface area contributed by atoms with Gasteiger partial charge in [-0.2, -0.15) is 0 Å². The molecule has 0 bridgehead atoms. The van der Waals surface area contributed by atoms with Crippen LogP contribution in [-0.2, 0) is 9.53 Å². The topological polar surface area (TPSA) is 59.5 Å². The lowest BCUT2D eigenvalue weighted by Crippen LogP contribution is -2.40. The molecule has 0 spiro atoms. The predicted octanol–water partition coefficient (Wildman–Crippen LogP) is 5.61. The van der Waals surface area contributed by atoms with E-state index in [-0.39, 0.29) is 18.6 Å². The van der Waals surface area contributed by atoms with E-state index in [1.165, 1.54) is 6.42 Å². The van der Waals surface area contributed by atoms with Crippen LogP contribution in [0.2, 0.25) is 0 Å². The summed E-state index contributed by atoms with van der Waals surface area (Å²) in [5.74, 6) is -0.675. The van der Waals surface area contributed by atoms with E-state index in [0.717, 1.165) is 35.7 Å². The summed E-state index contributed by atoms with van der Waals surface area (Å²) in [6.07, 6.45) is 5.54. The standard InChI is InChI=1S/C25H25BrN2O3/c1-28(19-10-3-2-4-11-19)24(29)16-31-25(30)21-15-23(17-8-7-9-18(26)14-17)27-22-13-6-5-12-20(21)22/h5-9,12-15,19H,2-4,10-11,16H2,1H3. The third-order valence-corrected chi connectivity index (χ3v) is 6.39. The number of esters is 1. The molecule has 31 heavy (non-hydrogen) atoms. The molecule has 0 atom stereocenters. The maximum atomic E-state index is 13.0. The van der Waals surface area contributed by atoms with Crippen LogP contribution in [0.3, 0.4) is 0 Å². The van der Waals surface area contributed by atoms with E-state index in [9.17, 15) is 9.59 Å². The van der Waals surface area contributed by atoms with Crippen LogP contribution >= 0.6 is 15.9 Å². The van der Waals surface area contributed by atoms with Crippen LogP contribution in [0, 0.1) is 0 Å². The van der Waals surface area contributed by atoms with E-state index in [2.05, 4.69) is 15.9 Å². The molecule has 0 aliphatic heterocycles. The molecule has 0 radical (unpaired) electrons. The molecule has 5 nitrogen and oxygen atoms in total. The van der Waals surface area contributed by atoms with Crippen molar-refractivity contribution in [3.63, 3.8) is 0 Å². The molecule has 1 amide bonds. The van der Waals surface area contributed by atoms with Crippen molar-refractivity contribution in [3.05, 3.63) is 64.6 Å². The molecule has 4 rings (SSSR count). The highest BCUT2D eigenvalue weighted by atomic mass is 79.9. The van der Waals surface area contributed by atoms with Gasteiger partial charge in [0.2, 0.25) is 0 Å². The molecule has 0 N–H and O–H groups in total. The van der Waals surface area contributed by atoms with Crippen LogP contribution in [-0.4, -0.2) is 41.5 Å². The summed E-state index contributed by atoms with van der Waals surface area (Å²) < 4.78 is 6.39. The van der Waals surface area contributed by atoms with Crippen LogP contribution in [0.25, 0.3) is 22.2 Å². The quantitative estimate of drug-likeness (QED) is 0.445. The first kappa shape index (κ1) is 21.5. The molecule has 1 saturated carbocycles. The van der Waals surface area contributed by atoms with E-state index in [1.807, 2.05) is 48.5 Å². The molecule has 0 unspecified atom stereocenters. The van der Waals surface area contributed by atoms with Crippen molar-refractivity contribution in [1.82, 2.24) is 9.88 Å². The summed E-state index contributed by atoms with van der Waals surface area (Å²) in [6, 6.07) is 17.2. The van der Waals surface area contributed by atoms with E-state index in [0.29, 0.717) is 22.2 Å². The maximum absolute atomic E-state index is 13.0. The van der Waals surface area contributed by atoms with Gasteiger partial charge in [-0.25, -0.2) is 9.78 Å². The minimum absolute atomic E-state index is 0.161. The lowest BCUT2D eigenvalue weighted by molar-refractivity contribution is -0.135. The van der Waals surface area contributed by atoms with Crippen LogP contribution in [0.4, 0.5) is 0 Å². The van der Waals surface area contributed by atoms with Crippen LogP contribution in [0.5, 0.6) is 0 Å². The van der Waals surface area contributed by atoms with Gasteiger partial charge >= 0.3 is 5.97 Å². The van der Waals surface area contributed by atoms with Crippen molar-refractivity contribution in [3.8, 4) is 11.3 Å². The van der Waals surface area contributed by atoms with E-state index >= 15 is 0 Å². The number of para-hydroxylation sites is 1. The van der Waals surface area contributed by atoms with Crippen LogP contribution < -0.4 is 0 Å². The second-order valence-corrected chi connectivity index (χ2v) is 8.87. The number of hydrogen-bond acceptors (Lipinski definition) is 4. The third-order valence-electron chi connectivity index (χ3n) is 5.90. The Hall–Kier alpha value is -2.73. The number of amides is 1. The number of carbonyl (C=O) groups is 2. The van der Waals surface area contributed by atoms with Crippen molar-refractivity contribution in [1.29, 1.82) is 0 Å². The highest BCUT2D eigenvalue weighted by Crippen LogP contribution is 2.27. The maximum Gasteiger partial charge on any atom is 0.339 e. The van der Waals surface area contributed by atoms with Crippen molar-refractivity contribution in [2.45, 2.75) is 38.1 Å². The minimum Gasteiger partial charge on any atom is -0.452 e. The zero-order chi connectivity index (χ0) is 21.8. The second-order valence-electron chi connectivity index (χ2n) is 7.96. The number of benzene rings is 2. The Labute approximate surface area is 190 Å². The summed E-state index contributed by atoms with van der Waals surface area (Å²) in [4.78, 5) is 32.0. The fourth-order valence-corrected chi connectivity index (χ4v) is 4.52. The number of hydrogen-bond donors (Lipinski definition) is 0. The van der Waals surface area contributed by atoms with Gasteiger partial charge in [-0.3, -0.25) is 4.79 Å². The molecule has 0 saturated heterocycles. The fraction of sp³-hybridized carbons (Fsp3) is 0.320. The number of aromatic nitrogens is 1. The summed E-state index contributed by atoms with van der Waals surface area (Å²) in [6.45, 7) is -0.255. The summed E-state index contributed by atoms with van der Waals surface area (Å²) in [5.41, 5.74) is 2.69. The van der Waals surface area contributed by atoms with Crippen molar-refractivity contribution >= 4 is 38.7 Å². The summed E-state index contributed by atoms with van der Waals surface area (Å²) in [5, 5.41) is 0.708. The number of pyridine rings is 1. The van der Waals surface area contributed by atoms with Gasteiger partial charge in [-0.1, -0.05) is 65.5 Å². The van der Waals surface area contributed by atoms with Gasteiger partial charge in [0.1, 0.15) is 0 Å². The van der Waals surface area contributed by atoms with Gasteiger partial charge in [0.25, 0.3) is 5.91 Å². The van der Waals surface area contributed by atoms with Gasteiger partial charge in [0.15, 0.2) is 6.61 Å². The average Bonchev–Trinajstić information content (AvgIpc) is 2.81. The largest absolute Gasteiger partial charge is 0.452 e. The Morgan fingerprint density at radius 1 is 1.06 bits per heavy atom. The molecular weight excluding hydrogens is 456 g/mol. The van der Waals surface area contributed by atoms with Crippen molar-refractivity contribution in [2.75, 3.05) is 13.7 Å². The molecule has 1 fully saturated rings. The molecule has 3 aromatic rings. The van der Waals surface area contributed by atoms with E-state index in [4.69, 9.17) is 9.72 Å². The second kappa shape index (κ2) is 9.60. The highest BCUT2D eigenvalue weighted by Gasteiger charge is 2.23. The van der Waals surface area contributed by atoms with Crippen molar-refractivity contribution in [2.24, 2.45) is 0 Å². The van der Waals surface area contributed by atoms with Crippen LogP contribution in [0.15, 0.2) is 59.1 Å². The normalized spacial score (nSPS) is 14.4. The number of fused-ring (bicyclic) bond motifs is 1. The Morgan fingerprint density at radius 3 is 2.61 bits per heavy atom. The average molecular weight is 481 g/mol. The molecular formula is C25H25BrN2O3. The van der Waals surface area contributed by atoms with Gasteiger partial charge < -0.3 is 9.64 Å². The predicted molar refractivity (Wildman–Crippen MR) is 125 cm³/mol. The smallest absolute Gasteiger partial charge is 0.339 e. The number of carbonyl (C=O) groups excluding carboxylic acids is 2. The Morgan fingerprint density at radius 2 is 1.84 bits per heavy atom. The summed E-state index contributed by atoms with van der Waals surface area (Å²) in [7, 11) is 1.80. The SMILES string of the molecule is CN(C(=O)COC(=O)c1cc(-c2cccc(Br)c2)nc2ccccc12)C1CCCCC1. The molecule has 1 heterocycles. The number of halogens is 1. The molecule has 1 aromatic heterocycles. The number of likely N-dealkylation sites (N-methyl/N-ethyl adjacent to an activating group) is 1. The lowest BCUT2D eigenvalue weighted by Gasteiger charge is -2.31. The number of nitrogens with zero attached hydrogens (tertiary/aromatic N) is 2. The van der Waals surface area contributed by atoms with E-state index < -0.39 is 5.97 Å². The third kappa shape index (κ3) is 4.96. The first-order valence-electron chi connectivity index (χ1n) is 10.6.